The Hall–Kier alpha value is -1.99. The number of hydrogen-bond acceptors (Lipinski definition) is 4. The first-order valence-corrected chi connectivity index (χ1v) is 11.0. The van der Waals surface area contributed by atoms with E-state index in [-0.39, 0.29) is 16.6 Å². The molecule has 0 aliphatic carbocycles. The summed E-state index contributed by atoms with van der Waals surface area (Å²) in [7, 11) is -3.57. The number of hydrogen-bond donors (Lipinski definition) is 0. The third-order valence-electron chi connectivity index (χ3n) is 5.15. The Morgan fingerprint density at radius 2 is 2.00 bits per heavy atom. The van der Waals surface area contributed by atoms with Crippen LogP contribution in [0.1, 0.15) is 61.6 Å². The van der Waals surface area contributed by atoms with E-state index in [1.165, 1.54) is 19.1 Å². The summed E-state index contributed by atoms with van der Waals surface area (Å²) in [5.74, 6) is 1.02. The van der Waals surface area contributed by atoms with Gasteiger partial charge in [-0.25, -0.2) is 13.4 Å². The third-order valence-corrected chi connectivity index (χ3v) is 7.03. The maximum absolute atomic E-state index is 13.1. The first-order valence-electron chi connectivity index (χ1n) is 9.55. The number of aryl methyl sites for hydroxylation is 1. The van der Waals surface area contributed by atoms with Crippen molar-refractivity contribution in [2.45, 2.75) is 56.9 Å². The van der Waals surface area contributed by atoms with Crippen LogP contribution in [-0.4, -0.2) is 41.1 Å². The maximum atomic E-state index is 13.1. The zero-order valence-electron chi connectivity index (χ0n) is 16.0. The number of Topliss-reactive ketones (excluding diaryl/α,β-unsaturated/α-hetero) is 1. The molecule has 6 nitrogen and oxygen atoms in total. The van der Waals surface area contributed by atoms with Gasteiger partial charge in [-0.05, 0) is 38.3 Å². The van der Waals surface area contributed by atoms with Gasteiger partial charge in [0.2, 0.25) is 10.0 Å². The minimum Gasteiger partial charge on any atom is -0.335 e. The van der Waals surface area contributed by atoms with Crippen LogP contribution < -0.4 is 0 Å². The van der Waals surface area contributed by atoms with E-state index >= 15 is 0 Å². The van der Waals surface area contributed by atoms with Crippen LogP contribution in [0.15, 0.2) is 41.6 Å². The fourth-order valence-corrected chi connectivity index (χ4v) is 5.10. The Morgan fingerprint density at radius 3 is 2.67 bits per heavy atom. The highest BCUT2D eigenvalue weighted by Gasteiger charge is 2.32. The highest BCUT2D eigenvalue weighted by atomic mass is 32.2. The monoisotopic (exact) mass is 389 g/mol. The number of carbonyl (C=O) groups excluding carboxylic acids is 1. The van der Waals surface area contributed by atoms with Gasteiger partial charge >= 0.3 is 0 Å². The number of unbranched alkanes of at least 4 members (excludes halogenated alkanes) is 1. The molecule has 1 fully saturated rings. The Bertz CT molecular complexity index is 887. The zero-order valence-corrected chi connectivity index (χ0v) is 16.8. The Balaban J connectivity index is 1.79. The predicted molar refractivity (Wildman–Crippen MR) is 104 cm³/mol. The predicted octanol–water partition coefficient (Wildman–Crippen LogP) is 3.45. The van der Waals surface area contributed by atoms with E-state index in [0.29, 0.717) is 18.7 Å². The molecule has 0 amide bonds. The van der Waals surface area contributed by atoms with Crippen molar-refractivity contribution >= 4 is 15.8 Å². The largest absolute Gasteiger partial charge is 0.335 e. The molecule has 3 rings (SSSR count). The van der Waals surface area contributed by atoms with E-state index in [0.717, 1.165) is 38.1 Å². The smallest absolute Gasteiger partial charge is 0.243 e. The van der Waals surface area contributed by atoms with E-state index in [4.69, 9.17) is 0 Å². The Morgan fingerprint density at radius 1 is 1.26 bits per heavy atom. The van der Waals surface area contributed by atoms with Crippen molar-refractivity contribution in [3.63, 3.8) is 0 Å². The number of ketones is 1. The molecule has 2 aromatic rings. The van der Waals surface area contributed by atoms with Gasteiger partial charge in [0.05, 0.1) is 4.90 Å². The van der Waals surface area contributed by atoms with E-state index in [1.807, 2.05) is 6.20 Å². The van der Waals surface area contributed by atoms with Crippen molar-refractivity contribution in [2.24, 2.45) is 0 Å². The first kappa shape index (κ1) is 19.8. The minimum atomic E-state index is -3.57. The van der Waals surface area contributed by atoms with E-state index in [2.05, 4.69) is 16.5 Å². The summed E-state index contributed by atoms with van der Waals surface area (Å²) >= 11 is 0. The molecule has 1 unspecified atom stereocenters. The molecule has 0 saturated carbocycles. The van der Waals surface area contributed by atoms with Crippen LogP contribution in [0.4, 0.5) is 0 Å². The second-order valence-corrected chi connectivity index (χ2v) is 9.05. The molecule has 0 radical (unpaired) electrons. The fourth-order valence-electron chi connectivity index (χ4n) is 3.58. The molecule has 1 aliphatic heterocycles. The summed E-state index contributed by atoms with van der Waals surface area (Å²) in [6.07, 6.45) is 7.74. The quantitative estimate of drug-likeness (QED) is 0.680. The summed E-state index contributed by atoms with van der Waals surface area (Å²) in [6.45, 7) is 5.51. The summed E-state index contributed by atoms with van der Waals surface area (Å²) in [6, 6.07) is 6.21. The van der Waals surface area contributed by atoms with E-state index in [9.17, 15) is 13.2 Å². The molecule has 1 aromatic heterocycles. The minimum absolute atomic E-state index is 0.0732. The van der Waals surface area contributed by atoms with Crippen molar-refractivity contribution in [3.05, 3.63) is 48.0 Å². The maximum Gasteiger partial charge on any atom is 0.243 e. The average molecular weight is 390 g/mol. The Kier molecular flexibility index (Phi) is 6.11. The third kappa shape index (κ3) is 4.30. The molecule has 1 aliphatic rings. The van der Waals surface area contributed by atoms with Crippen LogP contribution in [0.2, 0.25) is 0 Å². The van der Waals surface area contributed by atoms with Gasteiger partial charge in [0.25, 0.3) is 0 Å². The van der Waals surface area contributed by atoms with E-state index in [1.54, 1.807) is 22.6 Å². The summed E-state index contributed by atoms with van der Waals surface area (Å²) in [5, 5.41) is 0. The lowest BCUT2D eigenvalue weighted by molar-refractivity contribution is 0.101. The highest BCUT2D eigenvalue weighted by Crippen LogP contribution is 2.30. The molecule has 0 spiro atoms. The summed E-state index contributed by atoms with van der Waals surface area (Å²) in [4.78, 5) is 16.2. The SMILES string of the molecule is CCCCn1ccnc1C1CCCN(S(=O)(=O)c2ccc(C(C)=O)cc2)C1. The molecule has 0 N–H and O–H groups in total. The normalized spacial score (nSPS) is 18.5. The van der Waals surface area contributed by atoms with Crippen LogP contribution in [-0.2, 0) is 16.6 Å². The second kappa shape index (κ2) is 8.35. The number of carbonyl (C=O) groups is 1. The molecule has 27 heavy (non-hydrogen) atoms. The van der Waals surface area contributed by atoms with Gasteiger partial charge in [0, 0.05) is 43.5 Å². The van der Waals surface area contributed by atoms with Gasteiger partial charge < -0.3 is 4.57 Å². The lowest BCUT2D eigenvalue weighted by Gasteiger charge is -2.32. The van der Waals surface area contributed by atoms with Crippen molar-refractivity contribution in [1.29, 1.82) is 0 Å². The number of aromatic nitrogens is 2. The number of imidazole rings is 1. The molecular weight excluding hydrogens is 362 g/mol. The van der Waals surface area contributed by atoms with E-state index < -0.39 is 10.0 Å². The molecule has 2 heterocycles. The highest BCUT2D eigenvalue weighted by molar-refractivity contribution is 7.89. The van der Waals surface area contributed by atoms with Gasteiger partial charge in [-0.2, -0.15) is 4.31 Å². The number of sulfonamides is 1. The van der Waals surface area contributed by atoms with Crippen molar-refractivity contribution in [1.82, 2.24) is 13.9 Å². The average Bonchev–Trinajstić information content (AvgIpc) is 3.15. The standard InChI is InChI=1S/C20H27N3O3S/c1-3-4-12-22-14-11-21-20(22)18-6-5-13-23(15-18)27(25,26)19-9-7-17(8-10-19)16(2)24/h7-11,14,18H,3-6,12-13,15H2,1-2H3. The van der Waals surface area contributed by atoms with Gasteiger partial charge in [0.15, 0.2) is 5.78 Å². The number of rotatable bonds is 7. The van der Waals surface area contributed by atoms with Crippen molar-refractivity contribution in [3.8, 4) is 0 Å². The van der Waals surface area contributed by atoms with Crippen LogP contribution in [0.25, 0.3) is 0 Å². The molecule has 1 aromatic carbocycles. The van der Waals surface area contributed by atoms with Crippen LogP contribution in [0, 0.1) is 0 Å². The van der Waals surface area contributed by atoms with Gasteiger partial charge in [-0.3, -0.25) is 4.79 Å². The second-order valence-electron chi connectivity index (χ2n) is 7.12. The lowest BCUT2D eigenvalue weighted by Crippen LogP contribution is -2.39. The van der Waals surface area contributed by atoms with Crippen molar-refractivity contribution < 1.29 is 13.2 Å². The first-order chi connectivity index (χ1) is 12.9. The fraction of sp³-hybridized carbons (Fsp3) is 0.500. The molecule has 146 valence electrons. The van der Waals surface area contributed by atoms with Crippen molar-refractivity contribution in [2.75, 3.05) is 13.1 Å². The van der Waals surface area contributed by atoms with Crippen LogP contribution in [0.5, 0.6) is 0 Å². The lowest BCUT2D eigenvalue weighted by atomic mass is 9.99. The zero-order chi connectivity index (χ0) is 19.4. The van der Waals surface area contributed by atoms with Crippen LogP contribution >= 0.6 is 0 Å². The summed E-state index contributed by atoms with van der Waals surface area (Å²) in [5.41, 5.74) is 0.517. The van der Waals surface area contributed by atoms with Gasteiger partial charge in [-0.15, -0.1) is 0 Å². The summed E-state index contributed by atoms with van der Waals surface area (Å²) < 4.78 is 29.8. The van der Waals surface area contributed by atoms with Gasteiger partial charge in [0.1, 0.15) is 5.82 Å². The molecule has 0 bridgehead atoms. The molecule has 7 heteroatoms. The topological polar surface area (TPSA) is 72.3 Å². The Labute approximate surface area is 161 Å². The number of nitrogens with zero attached hydrogens (tertiary/aromatic N) is 3. The molecular formula is C20H27N3O3S. The van der Waals surface area contributed by atoms with Crippen LogP contribution in [0.3, 0.4) is 0 Å². The van der Waals surface area contributed by atoms with Gasteiger partial charge in [-0.1, -0.05) is 25.5 Å². The molecule has 1 saturated heterocycles. The number of benzene rings is 1. The molecule has 1 atom stereocenters. The number of piperidine rings is 1.